The molecule has 0 spiro atoms. The van der Waals surface area contributed by atoms with Gasteiger partial charge in [0.1, 0.15) is 22.3 Å². The number of fused-ring (bicyclic) bond motifs is 8. The number of rotatable bonds is 0. The minimum atomic E-state index is 0.895. The van der Waals surface area contributed by atoms with Gasteiger partial charge in [0, 0.05) is 40.7 Å². The average Bonchev–Trinajstić information content (AvgIpc) is 3.29. The zero-order chi connectivity index (χ0) is 19.1. The zero-order valence-electron chi connectivity index (χ0n) is 15.7. The lowest BCUT2D eigenvalue weighted by Gasteiger charge is -2.30. The lowest BCUT2D eigenvalue weighted by atomic mass is 10.0. The molecule has 0 amide bonds. The molecule has 29 heavy (non-hydrogen) atoms. The number of hydrogen-bond donors (Lipinski definition) is 1. The third-order valence-electron chi connectivity index (χ3n) is 5.98. The Labute approximate surface area is 165 Å². The molecule has 2 aromatic heterocycles. The second-order valence-electron chi connectivity index (χ2n) is 7.61. The number of anilines is 4. The quantitative estimate of drug-likeness (QED) is 0.302. The van der Waals surface area contributed by atoms with Gasteiger partial charge in [0.15, 0.2) is 0 Å². The van der Waals surface area contributed by atoms with E-state index in [1.807, 2.05) is 36.4 Å². The summed E-state index contributed by atoms with van der Waals surface area (Å²) < 4.78 is 12.2. The van der Waals surface area contributed by atoms with Crippen molar-refractivity contribution in [1.29, 1.82) is 0 Å². The number of nitrogens with one attached hydrogen (secondary N) is 1. The molecule has 0 radical (unpaired) electrons. The van der Waals surface area contributed by atoms with Crippen molar-refractivity contribution in [1.82, 2.24) is 0 Å². The molecule has 0 atom stereocenters. The summed E-state index contributed by atoms with van der Waals surface area (Å²) in [7, 11) is 2.08. The lowest BCUT2D eigenvalue weighted by Crippen LogP contribution is -2.17. The van der Waals surface area contributed by atoms with Gasteiger partial charge in [-0.3, -0.25) is 0 Å². The first-order chi connectivity index (χ1) is 14.3. The Balaban J connectivity index is 1.49. The first-order valence-corrected chi connectivity index (χ1v) is 9.68. The number of furan rings is 2. The lowest BCUT2D eigenvalue weighted by molar-refractivity contribution is 0.669. The second-order valence-corrected chi connectivity index (χ2v) is 7.61. The largest absolute Gasteiger partial charge is 0.456 e. The topological polar surface area (TPSA) is 41.6 Å². The van der Waals surface area contributed by atoms with E-state index >= 15 is 0 Å². The number of para-hydroxylation sites is 2. The Hall–Kier alpha value is -3.92. The predicted octanol–water partition coefficient (Wildman–Crippen LogP) is 7.31. The van der Waals surface area contributed by atoms with Gasteiger partial charge in [0.2, 0.25) is 0 Å². The Morgan fingerprint density at radius 3 is 1.59 bits per heavy atom. The van der Waals surface area contributed by atoms with Crippen LogP contribution in [0.5, 0.6) is 0 Å². The van der Waals surface area contributed by atoms with Crippen LogP contribution in [0.1, 0.15) is 0 Å². The Bertz CT molecular complexity index is 1490. The summed E-state index contributed by atoms with van der Waals surface area (Å²) in [6, 6.07) is 24.9. The minimum absolute atomic E-state index is 0.895. The molecule has 0 unspecified atom stereocenters. The van der Waals surface area contributed by atoms with E-state index in [1.54, 1.807) is 0 Å². The van der Waals surface area contributed by atoms with Gasteiger partial charge in [0.05, 0.1) is 22.7 Å². The molecule has 1 aliphatic heterocycles. The monoisotopic (exact) mass is 376 g/mol. The summed E-state index contributed by atoms with van der Waals surface area (Å²) in [4.78, 5) is 2.19. The second kappa shape index (κ2) is 5.11. The maximum absolute atomic E-state index is 6.09. The number of hydrogen-bond acceptors (Lipinski definition) is 4. The number of benzene rings is 4. The van der Waals surface area contributed by atoms with Crippen molar-refractivity contribution in [2.24, 2.45) is 0 Å². The van der Waals surface area contributed by atoms with Gasteiger partial charge in [-0.05, 0) is 24.3 Å². The molecular weight excluding hydrogens is 360 g/mol. The summed E-state index contributed by atoms with van der Waals surface area (Å²) >= 11 is 0. The van der Waals surface area contributed by atoms with Crippen LogP contribution in [0.15, 0.2) is 81.6 Å². The van der Waals surface area contributed by atoms with Crippen LogP contribution < -0.4 is 10.2 Å². The molecule has 3 heterocycles. The first kappa shape index (κ1) is 15.1. The van der Waals surface area contributed by atoms with Crippen molar-refractivity contribution in [3.8, 4) is 0 Å². The Morgan fingerprint density at radius 1 is 0.586 bits per heavy atom. The molecule has 0 aliphatic carbocycles. The van der Waals surface area contributed by atoms with E-state index in [2.05, 4.69) is 53.7 Å². The molecule has 0 saturated carbocycles. The van der Waals surface area contributed by atoms with Crippen LogP contribution >= 0.6 is 0 Å². The Morgan fingerprint density at radius 2 is 1.07 bits per heavy atom. The van der Waals surface area contributed by atoms with E-state index in [0.29, 0.717) is 0 Å². The summed E-state index contributed by atoms with van der Waals surface area (Å²) in [5, 5.41) is 8.16. The standard InChI is InChI=1S/C25H16N2O2/c1-27-20-12-24-16(14-6-2-4-8-22(14)28-24)10-18(20)26-19-11-17-15-7-3-5-9-23(15)29-25(17)13-21(19)27/h2-13,26H,1H3. The van der Waals surface area contributed by atoms with Gasteiger partial charge in [-0.15, -0.1) is 0 Å². The molecule has 4 aromatic carbocycles. The molecule has 0 bridgehead atoms. The van der Waals surface area contributed by atoms with E-state index in [1.165, 1.54) is 0 Å². The SMILES string of the molecule is CN1c2cc3oc4ccccc4c3cc2Nc2cc3c(cc21)oc1ccccc13. The summed E-state index contributed by atoms with van der Waals surface area (Å²) in [6.07, 6.45) is 0. The van der Waals surface area contributed by atoms with Crippen LogP contribution in [0, 0.1) is 0 Å². The predicted molar refractivity (Wildman–Crippen MR) is 119 cm³/mol. The summed E-state index contributed by atoms with van der Waals surface area (Å²) in [5.74, 6) is 0. The van der Waals surface area contributed by atoms with Crippen LogP contribution in [0.25, 0.3) is 43.9 Å². The van der Waals surface area contributed by atoms with Crippen molar-refractivity contribution in [2.45, 2.75) is 0 Å². The van der Waals surface area contributed by atoms with E-state index in [9.17, 15) is 0 Å². The molecule has 4 nitrogen and oxygen atoms in total. The molecule has 1 N–H and O–H groups in total. The van der Waals surface area contributed by atoms with Crippen LogP contribution in [0.4, 0.5) is 22.7 Å². The Kier molecular flexibility index (Phi) is 2.66. The highest BCUT2D eigenvalue weighted by atomic mass is 16.3. The minimum Gasteiger partial charge on any atom is -0.456 e. The highest BCUT2D eigenvalue weighted by molar-refractivity contribution is 6.12. The van der Waals surface area contributed by atoms with E-state index in [-0.39, 0.29) is 0 Å². The third kappa shape index (κ3) is 1.93. The first-order valence-electron chi connectivity index (χ1n) is 9.68. The van der Waals surface area contributed by atoms with Crippen molar-refractivity contribution < 1.29 is 8.83 Å². The van der Waals surface area contributed by atoms with Crippen molar-refractivity contribution in [3.63, 3.8) is 0 Å². The van der Waals surface area contributed by atoms with Crippen LogP contribution in [-0.4, -0.2) is 7.05 Å². The van der Waals surface area contributed by atoms with E-state index in [0.717, 1.165) is 66.6 Å². The molecule has 0 saturated heterocycles. The molecule has 6 aromatic rings. The van der Waals surface area contributed by atoms with Crippen molar-refractivity contribution in [2.75, 3.05) is 17.3 Å². The van der Waals surface area contributed by atoms with Gasteiger partial charge in [-0.25, -0.2) is 0 Å². The molecule has 7 rings (SSSR count). The fourth-order valence-electron chi connectivity index (χ4n) is 4.55. The van der Waals surface area contributed by atoms with Crippen LogP contribution in [0.3, 0.4) is 0 Å². The van der Waals surface area contributed by atoms with Gasteiger partial charge in [-0.2, -0.15) is 0 Å². The van der Waals surface area contributed by atoms with Gasteiger partial charge in [-0.1, -0.05) is 36.4 Å². The third-order valence-corrected chi connectivity index (χ3v) is 5.98. The normalized spacial score (nSPS) is 13.2. The molecule has 4 heteroatoms. The maximum Gasteiger partial charge on any atom is 0.137 e. The maximum atomic E-state index is 6.09. The highest BCUT2D eigenvalue weighted by Gasteiger charge is 2.24. The zero-order valence-corrected chi connectivity index (χ0v) is 15.7. The van der Waals surface area contributed by atoms with E-state index < -0.39 is 0 Å². The number of nitrogens with zero attached hydrogens (tertiary/aromatic N) is 1. The molecule has 0 fully saturated rings. The van der Waals surface area contributed by atoms with E-state index in [4.69, 9.17) is 8.83 Å². The van der Waals surface area contributed by atoms with Crippen LogP contribution in [-0.2, 0) is 0 Å². The molecular formula is C25H16N2O2. The summed E-state index contributed by atoms with van der Waals surface area (Å²) in [5.41, 5.74) is 7.93. The fourth-order valence-corrected chi connectivity index (χ4v) is 4.55. The van der Waals surface area contributed by atoms with Gasteiger partial charge in [0.25, 0.3) is 0 Å². The molecule has 1 aliphatic rings. The highest BCUT2D eigenvalue weighted by Crippen LogP contribution is 2.48. The molecule has 138 valence electrons. The van der Waals surface area contributed by atoms with Crippen LogP contribution in [0.2, 0.25) is 0 Å². The van der Waals surface area contributed by atoms with Gasteiger partial charge < -0.3 is 19.1 Å². The van der Waals surface area contributed by atoms with Crippen molar-refractivity contribution >= 4 is 66.6 Å². The average molecular weight is 376 g/mol. The fraction of sp³-hybridized carbons (Fsp3) is 0.0400. The smallest absolute Gasteiger partial charge is 0.137 e. The summed E-state index contributed by atoms with van der Waals surface area (Å²) in [6.45, 7) is 0. The van der Waals surface area contributed by atoms with Crippen molar-refractivity contribution in [3.05, 3.63) is 72.8 Å². The van der Waals surface area contributed by atoms with Gasteiger partial charge >= 0.3 is 0 Å².